The summed E-state index contributed by atoms with van der Waals surface area (Å²) in [6.07, 6.45) is 8.05. The van der Waals surface area contributed by atoms with Crippen molar-refractivity contribution in [3.8, 4) is 0 Å². The third kappa shape index (κ3) is 3.62. The number of nitrogens with zero attached hydrogens (tertiary/aromatic N) is 5. The first-order chi connectivity index (χ1) is 10.8. The van der Waals surface area contributed by atoms with Crippen molar-refractivity contribution < 1.29 is 9.53 Å². The Bertz CT molecular complexity index is 608. The van der Waals surface area contributed by atoms with Gasteiger partial charge in [-0.3, -0.25) is 4.79 Å². The molecule has 1 aliphatic rings. The van der Waals surface area contributed by atoms with Crippen LogP contribution in [0.1, 0.15) is 22.7 Å². The maximum Gasteiger partial charge on any atom is 0.291 e. The van der Waals surface area contributed by atoms with Gasteiger partial charge in [0.15, 0.2) is 0 Å². The highest BCUT2D eigenvalue weighted by Crippen LogP contribution is 2.13. The number of aryl methyl sites for hydroxylation is 1. The molecule has 2 aromatic rings. The maximum absolute atomic E-state index is 12.3. The second kappa shape index (κ2) is 7.04. The number of amides is 1. The summed E-state index contributed by atoms with van der Waals surface area (Å²) in [6.45, 7) is 1.66. The van der Waals surface area contributed by atoms with Gasteiger partial charge in [0.1, 0.15) is 6.33 Å². The molecule has 1 aliphatic heterocycles. The third-order valence-corrected chi connectivity index (χ3v) is 3.55. The van der Waals surface area contributed by atoms with Gasteiger partial charge >= 0.3 is 0 Å². The highest BCUT2D eigenvalue weighted by Gasteiger charge is 2.26. The number of rotatable bonds is 4. The SMILES string of the molecule is O=C(c1ncccn1)N1CCO[C@@H](CCc2ccncn2)C1. The predicted molar refractivity (Wildman–Crippen MR) is 78.0 cm³/mol. The van der Waals surface area contributed by atoms with Gasteiger partial charge in [0.25, 0.3) is 5.91 Å². The summed E-state index contributed by atoms with van der Waals surface area (Å²) < 4.78 is 5.74. The van der Waals surface area contributed by atoms with Crippen LogP contribution in [0.2, 0.25) is 0 Å². The molecule has 0 aromatic carbocycles. The molecule has 0 bridgehead atoms. The van der Waals surface area contributed by atoms with Crippen LogP contribution in [0, 0.1) is 0 Å². The minimum atomic E-state index is -0.143. The molecule has 2 aromatic heterocycles. The van der Waals surface area contributed by atoms with Crippen molar-refractivity contribution in [2.45, 2.75) is 18.9 Å². The number of carbonyl (C=O) groups excluding carboxylic acids is 1. The van der Waals surface area contributed by atoms with Crippen LogP contribution in [-0.2, 0) is 11.2 Å². The lowest BCUT2D eigenvalue weighted by Gasteiger charge is -2.32. The predicted octanol–water partition coefficient (Wildman–Crippen LogP) is 0.740. The third-order valence-electron chi connectivity index (χ3n) is 3.55. The first-order valence-electron chi connectivity index (χ1n) is 7.26. The van der Waals surface area contributed by atoms with Crippen LogP contribution in [0.15, 0.2) is 37.1 Å². The molecule has 1 atom stereocenters. The Hall–Kier alpha value is -2.41. The lowest BCUT2D eigenvalue weighted by molar-refractivity contribution is -0.0250. The van der Waals surface area contributed by atoms with Crippen LogP contribution in [0.25, 0.3) is 0 Å². The lowest BCUT2D eigenvalue weighted by Crippen LogP contribution is -2.46. The molecule has 0 saturated carbocycles. The first-order valence-corrected chi connectivity index (χ1v) is 7.26. The van der Waals surface area contributed by atoms with E-state index in [1.165, 1.54) is 0 Å². The highest BCUT2D eigenvalue weighted by atomic mass is 16.5. The molecule has 1 saturated heterocycles. The first kappa shape index (κ1) is 14.5. The fraction of sp³-hybridized carbons (Fsp3) is 0.400. The molecule has 3 rings (SSSR count). The lowest BCUT2D eigenvalue weighted by atomic mass is 10.1. The number of hydrogen-bond acceptors (Lipinski definition) is 6. The van der Waals surface area contributed by atoms with Crippen molar-refractivity contribution in [2.75, 3.05) is 19.7 Å². The molecule has 114 valence electrons. The second-order valence-corrected chi connectivity index (χ2v) is 5.06. The molecule has 1 amide bonds. The smallest absolute Gasteiger partial charge is 0.291 e. The standard InChI is InChI=1S/C15H17N5O2/c21-15(14-17-5-1-6-18-14)20-8-9-22-13(10-20)3-2-12-4-7-16-11-19-12/h1,4-7,11,13H,2-3,8-10H2/t13-/m0/s1. The van der Waals surface area contributed by atoms with E-state index in [-0.39, 0.29) is 17.8 Å². The molecule has 0 aliphatic carbocycles. The van der Waals surface area contributed by atoms with Crippen molar-refractivity contribution in [3.63, 3.8) is 0 Å². The molecule has 7 heteroatoms. The monoisotopic (exact) mass is 299 g/mol. The van der Waals surface area contributed by atoms with Crippen LogP contribution in [-0.4, -0.2) is 56.5 Å². The summed E-state index contributed by atoms with van der Waals surface area (Å²) in [5, 5.41) is 0. The van der Waals surface area contributed by atoms with Crippen molar-refractivity contribution in [1.82, 2.24) is 24.8 Å². The van der Waals surface area contributed by atoms with E-state index in [1.807, 2.05) is 6.07 Å². The molecule has 0 unspecified atom stereocenters. The Labute approximate surface area is 128 Å². The van der Waals surface area contributed by atoms with E-state index in [9.17, 15) is 4.79 Å². The van der Waals surface area contributed by atoms with Crippen molar-refractivity contribution in [2.24, 2.45) is 0 Å². The summed E-state index contributed by atoms with van der Waals surface area (Å²) in [5.41, 5.74) is 0.980. The van der Waals surface area contributed by atoms with E-state index in [2.05, 4.69) is 19.9 Å². The molecular weight excluding hydrogens is 282 g/mol. The molecular formula is C15H17N5O2. The van der Waals surface area contributed by atoms with Crippen LogP contribution in [0.5, 0.6) is 0 Å². The van der Waals surface area contributed by atoms with Crippen LogP contribution in [0.3, 0.4) is 0 Å². The van der Waals surface area contributed by atoms with Gasteiger partial charge in [-0.25, -0.2) is 19.9 Å². The summed E-state index contributed by atoms with van der Waals surface area (Å²) in [5.74, 6) is 0.0925. The molecule has 1 fully saturated rings. The Kier molecular flexibility index (Phi) is 4.65. The summed E-state index contributed by atoms with van der Waals surface area (Å²) in [7, 11) is 0. The number of aromatic nitrogens is 4. The largest absolute Gasteiger partial charge is 0.375 e. The number of carbonyl (C=O) groups is 1. The van der Waals surface area contributed by atoms with Crippen LogP contribution < -0.4 is 0 Å². The zero-order valence-corrected chi connectivity index (χ0v) is 12.1. The number of ether oxygens (including phenoxy) is 1. The van der Waals surface area contributed by atoms with Gasteiger partial charge in [0, 0.05) is 37.4 Å². The maximum atomic E-state index is 12.3. The van der Waals surface area contributed by atoms with Gasteiger partial charge in [-0.15, -0.1) is 0 Å². The Balaban J connectivity index is 1.56. The summed E-state index contributed by atoms with van der Waals surface area (Å²) in [6, 6.07) is 3.59. The topological polar surface area (TPSA) is 81.1 Å². The molecule has 7 nitrogen and oxygen atoms in total. The molecule has 3 heterocycles. The van der Waals surface area contributed by atoms with Gasteiger partial charge in [0.2, 0.25) is 5.82 Å². The molecule has 0 spiro atoms. The molecule has 22 heavy (non-hydrogen) atoms. The fourth-order valence-electron chi connectivity index (χ4n) is 2.40. The normalized spacial score (nSPS) is 18.2. The zero-order chi connectivity index (χ0) is 15.2. The minimum absolute atomic E-state index is 0.0105. The van der Waals surface area contributed by atoms with Gasteiger partial charge in [-0.1, -0.05) is 0 Å². The average Bonchev–Trinajstić information content (AvgIpc) is 2.61. The summed E-state index contributed by atoms with van der Waals surface area (Å²) in [4.78, 5) is 30.2. The quantitative estimate of drug-likeness (QED) is 0.828. The Morgan fingerprint density at radius 2 is 2.14 bits per heavy atom. The van der Waals surface area contributed by atoms with E-state index in [4.69, 9.17) is 4.74 Å². The van der Waals surface area contributed by atoms with E-state index in [1.54, 1.807) is 35.9 Å². The highest BCUT2D eigenvalue weighted by molar-refractivity contribution is 5.90. The zero-order valence-electron chi connectivity index (χ0n) is 12.1. The van der Waals surface area contributed by atoms with Gasteiger partial charge in [0.05, 0.1) is 12.7 Å². The van der Waals surface area contributed by atoms with E-state index in [0.29, 0.717) is 19.7 Å². The van der Waals surface area contributed by atoms with Gasteiger partial charge in [-0.05, 0) is 25.0 Å². The second-order valence-electron chi connectivity index (χ2n) is 5.06. The number of morpholine rings is 1. The van der Waals surface area contributed by atoms with Crippen molar-refractivity contribution >= 4 is 5.91 Å². The van der Waals surface area contributed by atoms with E-state index in [0.717, 1.165) is 18.5 Å². The van der Waals surface area contributed by atoms with Gasteiger partial charge < -0.3 is 9.64 Å². The van der Waals surface area contributed by atoms with Crippen LogP contribution >= 0.6 is 0 Å². The summed E-state index contributed by atoms with van der Waals surface area (Å²) >= 11 is 0. The Morgan fingerprint density at radius 3 is 2.91 bits per heavy atom. The molecule has 0 N–H and O–H groups in total. The van der Waals surface area contributed by atoms with E-state index < -0.39 is 0 Å². The van der Waals surface area contributed by atoms with Crippen molar-refractivity contribution in [3.05, 3.63) is 48.6 Å². The Morgan fingerprint density at radius 1 is 1.27 bits per heavy atom. The van der Waals surface area contributed by atoms with Crippen LogP contribution in [0.4, 0.5) is 0 Å². The average molecular weight is 299 g/mol. The van der Waals surface area contributed by atoms with E-state index >= 15 is 0 Å². The minimum Gasteiger partial charge on any atom is -0.375 e. The van der Waals surface area contributed by atoms with Gasteiger partial charge in [-0.2, -0.15) is 0 Å². The fourth-order valence-corrected chi connectivity index (χ4v) is 2.40. The number of hydrogen-bond donors (Lipinski definition) is 0. The van der Waals surface area contributed by atoms with Crippen molar-refractivity contribution in [1.29, 1.82) is 0 Å². The molecule has 0 radical (unpaired) electrons.